The van der Waals surface area contributed by atoms with Crippen LogP contribution in [0.5, 0.6) is 0 Å². The van der Waals surface area contributed by atoms with Crippen LogP contribution in [0.2, 0.25) is 0 Å². The summed E-state index contributed by atoms with van der Waals surface area (Å²) in [5.41, 5.74) is 19.6. The van der Waals surface area contributed by atoms with E-state index in [1.165, 1.54) is 6.92 Å². The molecule has 14 nitrogen and oxygen atoms in total. The number of carboxylic acids is 4. The van der Waals surface area contributed by atoms with Crippen LogP contribution < -0.4 is 28.3 Å². The van der Waals surface area contributed by atoms with Gasteiger partial charge in [0.05, 0.1) is 0 Å². The highest BCUT2D eigenvalue weighted by atomic mass is 32.1. The Labute approximate surface area is 184 Å². The van der Waals surface area contributed by atoms with E-state index in [0.717, 1.165) is 19.4 Å². The lowest BCUT2D eigenvalue weighted by Gasteiger charge is -2.01. The number of primary amides is 1. The highest BCUT2D eigenvalue weighted by molar-refractivity contribution is 7.80. The Hall–Kier alpha value is -2.46. The van der Waals surface area contributed by atoms with E-state index in [1.807, 2.05) is 0 Å². The molecule has 0 bridgehead atoms. The zero-order valence-corrected chi connectivity index (χ0v) is 18.0. The summed E-state index contributed by atoms with van der Waals surface area (Å²) in [6.07, 6.45) is 1.91. The van der Waals surface area contributed by atoms with Crippen molar-refractivity contribution in [2.24, 2.45) is 22.9 Å². The van der Waals surface area contributed by atoms with Crippen LogP contribution in [0.15, 0.2) is 0 Å². The molecule has 4 atom stereocenters. The van der Waals surface area contributed by atoms with E-state index in [1.54, 1.807) is 0 Å². The molecule has 182 valence electrons. The van der Waals surface area contributed by atoms with Crippen LogP contribution in [0.1, 0.15) is 32.6 Å². The number of carbonyl (C=O) groups excluding carboxylic acids is 1. The third-order valence-electron chi connectivity index (χ3n) is 3.28. The molecule has 1 fully saturated rings. The van der Waals surface area contributed by atoms with E-state index >= 15 is 0 Å². The minimum Gasteiger partial charge on any atom is -0.480 e. The van der Waals surface area contributed by atoms with E-state index in [0.29, 0.717) is 0 Å². The Morgan fingerprint density at radius 3 is 1.58 bits per heavy atom. The maximum absolute atomic E-state index is 10.1. The quantitative estimate of drug-likeness (QED) is 0.161. The van der Waals surface area contributed by atoms with Crippen molar-refractivity contribution >= 4 is 42.4 Å². The van der Waals surface area contributed by atoms with Gasteiger partial charge in [0.2, 0.25) is 5.91 Å². The zero-order valence-electron chi connectivity index (χ0n) is 17.1. The summed E-state index contributed by atoms with van der Waals surface area (Å²) in [6, 6.07) is -2.80. The van der Waals surface area contributed by atoms with Crippen molar-refractivity contribution in [2.45, 2.75) is 56.8 Å². The molecule has 31 heavy (non-hydrogen) atoms. The van der Waals surface area contributed by atoms with Gasteiger partial charge in [-0.2, -0.15) is 12.6 Å². The van der Waals surface area contributed by atoms with Gasteiger partial charge < -0.3 is 48.7 Å². The summed E-state index contributed by atoms with van der Waals surface area (Å²) in [4.78, 5) is 49.6. The maximum Gasteiger partial charge on any atom is 0.321 e. The molecule has 15 heteroatoms. The number of amides is 1. The summed E-state index contributed by atoms with van der Waals surface area (Å²) in [6.45, 7) is 2.28. The molecule has 0 aromatic heterocycles. The van der Waals surface area contributed by atoms with Gasteiger partial charge in [-0.25, -0.2) is 0 Å². The number of hydrogen-bond acceptors (Lipinski definition) is 10. The largest absolute Gasteiger partial charge is 0.480 e. The van der Waals surface area contributed by atoms with Crippen molar-refractivity contribution in [1.82, 2.24) is 5.32 Å². The van der Waals surface area contributed by atoms with E-state index < -0.39 is 47.9 Å². The molecule has 0 spiro atoms. The van der Waals surface area contributed by atoms with Crippen molar-refractivity contribution in [2.75, 3.05) is 12.3 Å². The van der Waals surface area contributed by atoms with Gasteiger partial charge >= 0.3 is 23.9 Å². The molecule has 13 N–H and O–H groups in total. The zero-order chi connectivity index (χ0) is 25.1. The molecule has 0 aliphatic carbocycles. The molecule has 0 saturated carbocycles. The first kappa shape index (κ1) is 33.2. The Morgan fingerprint density at radius 1 is 0.968 bits per heavy atom. The number of nitrogens with two attached hydrogens (primary N) is 4. The molecule has 1 heterocycles. The molecule has 1 aliphatic heterocycles. The van der Waals surface area contributed by atoms with Gasteiger partial charge in [-0.3, -0.25) is 24.0 Å². The fraction of sp³-hybridized carbons (Fsp3) is 0.688. The van der Waals surface area contributed by atoms with Gasteiger partial charge in [0.25, 0.3) is 0 Å². The fourth-order valence-electron chi connectivity index (χ4n) is 1.39. The second kappa shape index (κ2) is 19.5. The van der Waals surface area contributed by atoms with Crippen molar-refractivity contribution in [3.8, 4) is 0 Å². The lowest BCUT2D eigenvalue weighted by Crippen LogP contribution is -2.31. The van der Waals surface area contributed by atoms with Gasteiger partial charge in [-0.05, 0) is 32.7 Å². The van der Waals surface area contributed by atoms with E-state index in [2.05, 4.69) is 17.9 Å². The second-order valence-electron chi connectivity index (χ2n) is 6.19. The molecule has 0 unspecified atom stereocenters. The number of thiol groups is 1. The van der Waals surface area contributed by atoms with E-state index in [9.17, 15) is 24.0 Å². The molecular formula is C16H33N5O9S. The SMILES string of the molecule is C[C@H](N)C(=O)O.NC(=O)CC[C@H](N)C(=O)O.N[C@@H](CS)C(=O)O.O=C(O)[C@@H]1CCCN1. The van der Waals surface area contributed by atoms with Crippen LogP contribution in [-0.4, -0.2) is 86.7 Å². The average Bonchev–Trinajstić information content (AvgIpc) is 3.21. The summed E-state index contributed by atoms with van der Waals surface area (Å²) in [7, 11) is 0. The molecule has 1 saturated heterocycles. The third kappa shape index (κ3) is 23.7. The lowest BCUT2D eigenvalue weighted by molar-refractivity contribution is -0.139. The predicted molar refractivity (Wildman–Crippen MR) is 113 cm³/mol. The van der Waals surface area contributed by atoms with Gasteiger partial charge in [0, 0.05) is 12.2 Å². The van der Waals surface area contributed by atoms with Crippen molar-refractivity contribution in [1.29, 1.82) is 0 Å². The highest BCUT2D eigenvalue weighted by Gasteiger charge is 2.20. The van der Waals surface area contributed by atoms with Gasteiger partial charge in [-0.15, -0.1) is 0 Å². The minimum absolute atomic E-state index is 0.0213. The third-order valence-corrected chi connectivity index (χ3v) is 3.67. The summed E-state index contributed by atoms with van der Waals surface area (Å²) in [5.74, 6) is -4.14. The Kier molecular flexibility index (Phi) is 20.9. The van der Waals surface area contributed by atoms with Crippen molar-refractivity contribution in [3.63, 3.8) is 0 Å². The number of aliphatic carboxylic acids is 4. The number of hydrogen-bond donors (Lipinski definition) is 10. The predicted octanol–water partition coefficient (Wildman–Crippen LogP) is -2.77. The molecule has 1 rings (SSSR count). The molecule has 0 radical (unpaired) electrons. The smallest absolute Gasteiger partial charge is 0.321 e. The summed E-state index contributed by atoms with van der Waals surface area (Å²) in [5, 5.41) is 35.3. The van der Waals surface area contributed by atoms with Crippen LogP contribution in [0.3, 0.4) is 0 Å². The lowest BCUT2D eigenvalue weighted by atomic mass is 10.2. The summed E-state index contributed by atoms with van der Waals surface area (Å²) >= 11 is 3.65. The van der Waals surface area contributed by atoms with Crippen LogP contribution in [-0.2, 0) is 24.0 Å². The number of rotatable bonds is 8. The van der Waals surface area contributed by atoms with Crippen LogP contribution in [0.4, 0.5) is 0 Å². The first-order chi connectivity index (χ1) is 14.2. The van der Waals surface area contributed by atoms with Crippen molar-refractivity contribution < 1.29 is 44.4 Å². The molecule has 0 aromatic rings. The molecule has 0 aromatic carbocycles. The van der Waals surface area contributed by atoms with E-state index in [-0.39, 0.29) is 24.6 Å². The number of carboxylic acid groups (broad SMARTS) is 4. The first-order valence-corrected chi connectivity index (χ1v) is 9.60. The molecule has 1 aliphatic rings. The Morgan fingerprint density at radius 2 is 1.42 bits per heavy atom. The maximum atomic E-state index is 10.1. The monoisotopic (exact) mass is 471 g/mol. The summed E-state index contributed by atoms with van der Waals surface area (Å²) < 4.78 is 0. The number of nitrogens with one attached hydrogen (secondary N) is 1. The van der Waals surface area contributed by atoms with Gasteiger partial charge in [0.15, 0.2) is 0 Å². The topological polar surface area (TPSA) is 282 Å². The van der Waals surface area contributed by atoms with Crippen LogP contribution >= 0.6 is 12.6 Å². The Balaban J connectivity index is -0.000000343. The average molecular weight is 472 g/mol. The van der Waals surface area contributed by atoms with E-state index in [4.69, 9.17) is 43.4 Å². The van der Waals surface area contributed by atoms with Crippen LogP contribution in [0.25, 0.3) is 0 Å². The van der Waals surface area contributed by atoms with Crippen molar-refractivity contribution in [3.05, 3.63) is 0 Å². The molecular weight excluding hydrogens is 438 g/mol. The highest BCUT2D eigenvalue weighted by Crippen LogP contribution is 2.03. The fourth-order valence-corrected chi connectivity index (χ4v) is 1.55. The van der Waals surface area contributed by atoms with Crippen LogP contribution in [0, 0.1) is 0 Å². The van der Waals surface area contributed by atoms with Gasteiger partial charge in [-0.1, -0.05) is 0 Å². The normalized spacial score (nSPS) is 17.0. The first-order valence-electron chi connectivity index (χ1n) is 8.97. The minimum atomic E-state index is -1.11. The molecule has 1 amide bonds. The Bertz CT molecular complexity index is 572. The second-order valence-corrected chi connectivity index (χ2v) is 6.56. The number of carbonyl (C=O) groups is 5. The standard InChI is InChI=1S/C5H10N2O3.C5H9NO2.C3H7NO2S.C3H7NO2/c6-3(5(9)10)1-2-4(7)8;7-5(8)4-2-1-3-6-4;4-2(1-7)3(5)6;1-2(4)3(5)6/h3H,1-2,6H2,(H2,7,8)(H,9,10);4,6H,1-3H2,(H,7,8);2,7H,1,4H2,(H,5,6);2H,4H2,1H3,(H,5,6)/t3-;4-;2*2-/m0000/s1. The van der Waals surface area contributed by atoms with Gasteiger partial charge in [0.1, 0.15) is 24.2 Å².